The van der Waals surface area contributed by atoms with Gasteiger partial charge in [-0.25, -0.2) is 4.79 Å². The largest absolute Gasteiger partial charge is 0.491 e. The van der Waals surface area contributed by atoms with E-state index in [2.05, 4.69) is 5.32 Å². The molecule has 0 saturated carbocycles. The van der Waals surface area contributed by atoms with Crippen molar-refractivity contribution in [3.63, 3.8) is 0 Å². The van der Waals surface area contributed by atoms with Crippen LogP contribution in [0.15, 0.2) is 84.9 Å². The number of carbonyl (C=O) groups is 2. The van der Waals surface area contributed by atoms with Gasteiger partial charge in [-0.2, -0.15) is 0 Å². The number of anilines is 1. The van der Waals surface area contributed by atoms with Crippen molar-refractivity contribution in [3.05, 3.63) is 96.1 Å². The van der Waals surface area contributed by atoms with Crippen LogP contribution in [0, 0.1) is 0 Å². The maximum Gasteiger partial charge on any atom is 0.337 e. The Morgan fingerprint density at radius 1 is 0.806 bits per heavy atom. The molecule has 0 aromatic heterocycles. The third-order valence-corrected chi connectivity index (χ3v) is 5.44. The molecule has 184 valence electrons. The summed E-state index contributed by atoms with van der Waals surface area (Å²) < 4.78 is 17.1. The second kappa shape index (κ2) is 11.9. The molecule has 0 bridgehead atoms. The zero-order valence-electron chi connectivity index (χ0n) is 19.9. The summed E-state index contributed by atoms with van der Waals surface area (Å²) in [4.78, 5) is 23.8. The third-order valence-electron chi connectivity index (χ3n) is 5.44. The molecule has 0 atom stereocenters. The van der Waals surface area contributed by atoms with Crippen LogP contribution >= 0.6 is 0 Å². The van der Waals surface area contributed by atoms with E-state index in [1.165, 1.54) is 6.07 Å². The summed E-state index contributed by atoms with van der Waals surface area (Å²) >= 11 is 0. The molecule has 36 heavy (non-hydrogen) atoms. The maximum atomic E-state index is 12.4. The fourth-order valence-electron chi connectivity index (χ4n) is 3.69. The van der Waals surface area contributed by atoms with Gasteiger partial charge >= 0.3 is 5.97 Å². The van der Waals surface area contributed by atoms with Gasteiger partial charge in [-0.05, 0) is 71.8 Å². The van der Waals surface area contributed by atoms with Crippen LogP contribution in [0.25, 0.3) is 10.8 Å². The number of aromatic carboxylic acids is 1. The van der Waals surface area contributed by atoms with Crippen molar-refractivity contribution in [2.24, 2.45) is 0 Å². The molecule has 0 aliphatic heterocycles. The molecular formula is C29H27NO6. The van der Waals surface area contributed by atoms with Crippen LogP contribution < -0.4 is 14.8 Å². The van der Waals surface area contributed by atoms with Gasteiger partial charge in [-0.15, -0.1) is 0 Å². The van der Waals surface area contributed by atoms with Crippen LogP contribution in [0.5, 0.6) is 17.2 Å². The summed E-state index contributed by atoms with van der Waals surface area (Å²) in [5.74, 6) is 0.703. The fraction of sp³-hybridized carbons (Fsp3) is 0.172. The minimum absolute atomic E-state index is 0.0502. The minimum Gasteiger partial charge on any atom is -0.491 e. The lowest BCUT2D eigenvalue weighted by molar-refractivity contribution is -0.115. The molecule has 4 aromatic carbocycles. The lowest BCUT2D eigenvalue weighted by Crippen LogP contribution is -2.16. The topological polar surface area (TPSA) is 94.1 Å². The number of carboxylic acid groups (broad SMARTS) is 1. The molecule has 2 N–H and O–H groups in total. The second-order valence-electron chi connectivity index (χ2n) is 8.04. The SMILES string of the molecule is CCOCCOc1ccc2ccc(Oc3ccc(CC(=O)Nc4ccccc4C(=O)O)cc3)cc2c1. The first-order valence-electron chi connectivity index (χ1n) is 11.6. The average Bonchev–Trinajstić information content (AvgIpc) is 2.88. The number of para-hydroxylation sites is 1. The van der Waals surface area contributed by atoms with E-state index < -0.39 is 5.97 Å². The van der Waals surface area contributed by atoms with E-state index in [1.807, 2.05) is 55.5 Å². The summed E-state index contributed by atoms with van der Waals surface area (Å²) in [5, 5.41) is 14.0. The number of amides is 1. The summed E-state index contributed by atoms with van der Waals surface area (Å²) in [5.41, 5.74) is 1.10. The molecule has 0 unspecified atom stereocenters. The number of carboxylic acids is 1. The number of carbonyl (C=O) groups excluding carboxylic acids is 1. The third kappa shape index (κ3) is 6.61. The Morgan fingerprint density at radius 2 is 1.50 bits per heavy atom. The van der Waals surface area contributed by atoms with E-state index in [0.717, 1.165) is 22.1 Å². The zero-order valence-corrected chi connectivity index (χ0v) is 19.9. The first kappa shape index (κ1) is 24.8. The fourth-order valence-corrected chi connectivity index (χ4v) is 3.69. The Morgan fingerprint density at radius 3 is 2.25 bits per heavy atom. The summed E-state index contributed by atoms with van der Waals surface area (Å²) in [7, 11) is 0. The molecule has 4 rings (SSSR count). The first-order chi connectivity index (χ1) is 17.5. The number of ether oxygens (including phenoxy) is 3. The molecule has 7 heteroatoms. The summed E-state index contributed by atoms with van der Waals surface area (Å²) in [6.07, 6.45) is 0.107. The van der Waals surface area contributed by atoms with Crippen LogP contribution in [0.2, 0.25) is 0 Å². The molecule has 7 nitrogen and oxygen atoms in total. The Hall–Kier alpha value is -4.36. The molecule has 0 heterocycles. The summed E-state index contributed by atoms with van der Waals surface area (Å²) in [6.45, 7) is 3.65. The molecule has 0 saturated heterocycles. The zero-order chi connectivity index (χ0) is 25.3. The van der Waals surface area contributed by atoms with Crippen LogP contribution in [-0.2, 0) is 16.0 Å². The van der Waals surface area contributed by atoms with Crippen molar-refractivity contribution >= 4 is 28.3 Å². The van der Waals surface area contributed by atoms with E-state index in [9.17, 15) is 14.7 Å². The van der Waals surface area contributed by atoms with Crippen molar-refractivity contribution in [3.8, 4) is 17.2 Å². The Balaban J connectivity index is 1.37. The van der Waals surface area contributed by atoms with Gasteiger partial charge in [0, 0.05) is 6.61 Å². The number of hydrogen-bond acceptors (Lipinski definition) is 5. The highest BCUT2D eigenvalue weighted by Gasteiger charge is 2.12. The summed E-state index contributed by atoms with van der Waals surface area (Å²) in [6, 6.07) is 25.3. The molecule has 0 spiro atoms. The number of hydrogen-bond donors (Lipinski definition) is 2. The predicted molar refractivity (Wildman–Crippen MR) is 138 cm³/mol. The molecule has 0 radical (unpaired) electrons. The van der Waals surface area contributed by atoms with Crippen molar-refractivity contribution in [1.29, 1.82) is 0 Å². The van der Waals surface area contributed by atoms with Crippen molar-refractivity contribution in [1.82, 2.24) is 0 Å². The van der Waals surface area contributed by atoms with Crippen LogP contribution in [0.3, 0.4) is 0 Å². The number of rotatable bonds is 11. The van der Waals surface area contributed by atoms with Crippen molar-refractivity contribution in [2.45, 2.75) is 13.3 Å². The van der Waals surface area contributed by atoms with Crippen molar-refractivity contribution < 1.29 is 28.9 Å². The Kier molecular flexibility index (Phi) is 8.16. The van der Waals surface area contributed by atoms with E-state index in [1.54, 1.807) is 30.3 Å². The quantitative estimate of drug-likeness (QED) is 0.256. The molecule has 4 aromatic rings. The highest BCUT2D eigenvalue weighted by Crippen LogP contribution is 2.28. The van der Waals surface area contributed by atoms with Crippen molar-refractivity contribution in [2.75, 3.05) is 25.1 Å². The van der Waals surface area contributed by atoms with Gasteiger partial charge in [0.05, 0.1) is 24.3 Å². The monoisotopic (exact) mass is 485 g/mol. The molecule has 1 amide bonds. The van der Waals surface area contributed by atoms with Gasteiger partial charge in [0.25, 0.3) is 0 Å². The highest BCUT2D eigenvalue weighted by atomic mass is 16.5. The second-order valence-corrected chi connectivity index (χ2v) is 8.04. The van der Waals surface area contributed by atoms with E-state index >= 15 is 0 Å². The minimum atomic E-state index is -1.09. The van der Waals surface area contributed by atoms with E-state index in [4.69, 9.17) is 14.2 Å². The molecule has 0 fully saturated rings. The van der Waals surface area contributed by atoms with Gasteiger partial charge in [0.2, 0.25) is 5.91 Å². The normalized spacial score (nSPS) is 10.7. The maximum absolute atomic E-state index is 12.4. The van der Waals surface area contributed by atoms with Gasteiger partial charge < -0.3 is 24.6 Å². The molecular weight excluding hydrogens is 458 g/mol. The number of nitrogens with one attached hydrogen (secondary N) is 1. The first-order valence-corrected chi connectivity index (χ1v) is 11.6. The molecule has 0 aliphatic carbocycles. The predicted octanol–water partition coefficient (Wildman–Crippen LogP) is 5.93. The Labute approximate surface area is 209 Å². The van der Waals surface area contributed by atoms with Gasteiger partial charge in [0.1, 0.15) is 23.9 Å². The van der Waals surface area contributed by atoms with Crippen LogP contribution in [-0.4, -0.2) is 36.8 Å². The highest BCUT2D eigenvalue weighted by molar-refractivity contribution is 6.01. The van der Waals surface area contributed by atoms with Gasteiger partial charge in [-0.3, -0.25) is 4.79 Å². The Bertz CT molecular complexity index is 1350. The van der Waals surface area contributed by atoms with Crippen LogP contribution in [0.1, 0.15) is 22.8 Å². The average molecular weight is 486 g/mol. The van der Waals surface area contributed by atoms with E-state index in [-0.39, 0.29) is 23.6 Å². The van der Waals surface area contributed by atoms with Gasteiger partial charge in [-0.1, -0.05) is 36.4 Å². The molecule has 0 aliphatic rings. The van der Waals surface area contributed by atoms with E-state index in [0.29, 0.717) is 31.3 Å². The smallest absolute Gasteiger partial charge is 0.337 e. The standard InChI is InChI=1S/C29H27NO6/c1-2-34-15-16-35-24-13-9-21-10-14-25(19-22(21)18-24)36-23-11-7-20(8-12-23)17-28(31)30-27-6-4-3-5-26(27)29(32)33/h3-14,18-19H,2,15-17H2,1H3,(H,30,31)(H,32,33). The lowest BCUT2D eigenvalue weighted by Gasteiger charge is -2.10. The van der Waals surface area contributed by atoms with Gasteiger partial charge in [0.15, 0.2) is 0 Å². The lowest BCUT2D eigenvalue weighted by atomic mass is 10.1. The number of fused-ring (bicyclic) bond motifs is 1. The van der Waals surface area contributed by atoms with Crippen LogP contribution in [0.4, 0.5) is 5.69 Å². The number of benzene rings is 4.